The molecule has 0 saturated heterocycles. The van der Waals surface area contributed by atoms with Gasteiger partial charge in [-0.2, -0.15) is 11.3 Å². The highest BCUT2D eigenvalue weighted by Crippen LogP contribution is 2.24. The van der Waals surface area contributed by atoms with Gasteiger partial charge in [-0.15, -0.1) is 0 Å². The van der Waals surface area contributed by atoms with E-state index in [1.165, 1.54) is 11.6 Å². The van der Waals surface area contributed by atoms with Gasteiger partial charge in [-0.05, 0) is 69.9 Å². The van der Waals surface area contributed by atoms with Crippen molar-refractivity contribution in [2.45, 2.75) is 19.4 Å². The third-order valence-electron chi connectivity index (χ3n) is 2.71. The summed E-state index contributed by atoms with van der Waals surface area (Å²) in [4.78, 5) is 12.0. The maximum absolute atomic E-state index is 12.0. The van der Waals surface area contributed by atoms with Crippen molar-refractivity contribution in [3.63, 3.8) is 0 Å². The maximum atomic E-state index is 12.0. The molecular weight excluding hydrogens is 326 g/mol. The van der Waals surface area contributed by atoms with Gasteiger partial charge in [-0.1, -0.05) is 0 Å². The molecular formula is C14H14BrNO2S. The number of hydrogen-bond donors (Lipinski definition) is 2. The van der Waals surface area contributed by atoms with Crippen LogP contribution in [0.15, 0.2) is 39.5 Å². The van der Waals surface area contributed by atoms with Crippen LogP contribution in [0.3, 0.4) is 0 Å². The normalized spacial score (nSPS) is 12.1. The number of halogens is 1. The first-order valence-corrected chi connectivity index (χ1v) is 7.60. The molecule has 1 unspecified atom stereocenters. The van der Waals surface area contributed by atoms with Crippen LogP contribution in [0.4, 0.5) is 0 Å². The van der Waals surface area contributed by atoms with Gasteiger partial charge in [-0.25, -0.2) is 0 Å². The Morgan fingerprint density at radius 1 is 1.47 bits per heavy atom. The van der Waals surface area contributed by atoms with Gasteiger partial charge in [-0.3, -0.25) is 4.79 Å². The lowest BCUT2D eigenvalue weighted by molar-refractivity contribution is 0.0939. The molecule has 0 aliphatic carbocycles. The summed E-state index contributed by atoms with van der Waals surface area (Å²) in [6.45, 7) is 1.97. The monoisotopic (exact) mass is 339 g/mol. The van der Waals surface area contributed by atoms with Crippen molar-refractivity contribution < 1.29 is 9.90 Å². The maximum Gasteiger partial charge on any atom is 0.251 e. The van der Waals surface area contributed by atoms with E-state index in [-0.39, 0.29) is 17.7 Å². The zero-order valence-electron chi connectivity index (χ0n) is 10.4. The van der Waals surface area contributed by atoms with Gasteiger partial charge in [0.1, 0.15) is 5.75 Å². The highest BCUT2D eigenvalue weighted by atomic mass is 79.9. The van der Waals surface area contributed by atoms with Crippen molar-refractivity contribution in [1.29, 1.82) is 0 Å². The minimum Gasteiger partial charge on any atom is -0.507 e. The molecule has 0 aliphatic heterocycles. The Balaban J connectivity index is 1.98. The molecule has 1 aromatic carbocycles. The third kappa shape index (κ3) is 3.81. The molecule has 0 aliphatic rings. The number of phenolic OH excluding ortho intramolecular Hbond substituents is 1. The molecule has 2 aromatic rings. The number of phenols is 1. The summed E-state index contributed by atoms with van der Waals surface area (Å²) < 4.78 is 0.579. The fraction of sp³-hybridized carbons (Fsp3) is 0.214. The number of carbonyl (C=O) groups excluding carboxylic acids is 1. The third-order valence-corrected chi connectivity index (χ3v) is 4.11. The summed E-state index contributed by atoms with van der Waals surface area (Å²) >= 11 is 4.84. The Morgan fingerprint density at radius 3 is 2.89 bits per heavy atom. The van der Waals surface area contributed by atoms with Crippen molar-refractivity contribution in [2.75, 3.05) is 0 Å². The van der Waals surface area contributed by atoms with E-state index in [0.29, 0.717) is 10.0 Å². The molecule has 1 heterocycles. The summed E-state index contributed by atoms with van der Waals surface area (Å²) in [6, 6.07) is 6.90. The second kappa shape index (κ2) is 6.21. The van der Waals surface area contributed by atoms with Gasteiger partial charge in [0.2, 0.25) is 0 Å². The molecule has 0 spiro atoms. The van der Waals surface area contributed by atoms with Crippen LogP contribution in [-0.2, 0) is 6.42 Å². The number of carbonyl (C=O) groups is 1. The highest BCUT2D eigenvalue weighted by Gasteiger charge is 2.12. The van der Waals surface area contributed by atoms with Crippen molar-refractivity contribution in [1.82, 2.24) is 5.32 Å². The first-order valence-electron chi connectivity index (χ1n) is 5.86. The van der Waals surface area contributed by atoms with Gasteiger partial charge in [0, 0.05) is 11.6 Å². The van der Waals surface area contributed by atoms with Gasteiger partial charge in [0.15, 0.2) is 0 Å². The zero-order valence-corrected chi connectivity index (χ0v) is 12.8. The van der Waals surface area contributed by atoms with Crippen molar-refractivity contribution in [2.24, 2.45) is 0 Å². The average molecular weight is 340 g/mol. The lowest BCUT2D eigenvalue weighted by atomic mass is 10.1. The van der Waals surface area contributed by atoms with Crippen LogP contribution in [-0.4, -0.2) is 17.1 Å². The topological polar surface area (TPSA) is 49.3 Å². The standard InChI is InChI=1S/C14H14BrNO2S/c1-9(6-10-4-5-19-8-10)16-14(18)11-2-3-12(15)13(17)7-11/h2-5,7-9,17H,6H2,1H3,(H,16,18). The lowest BCUT2D eigenvalue weighted by Crippen LogP contribution is -2.33. The predicted octanol–water partition coefficient (Wildman–Crippen LogP) is 3.58. The molecule has 0 radical (unpaired) electrons. The van der Waals surface area contributed by atoms with Crippen LogP contribution in [0, 0.1) is 0 Å². The van der Waals surface area contributed by atoms with Crippen molar-refractivity contribution in [3.05, 3.63) is 50.6 Å². The second-order valence-electron chi connectivity index (χ2n) is 4.38. The second-order valence-corrected chi connectivity index (χ2v) is 6.01. The number of rotatable bonds is 4. The molecule has 1 atom stereocenters. The van der Waals surface area contributed by atoms with Crippen LogP contribution in [0.5, 0.6) is 5.75 Å². The van der Waals surface area contributed by atoms with E-state index in [9.17, 15) is 9.90 Å². The van der Waals surface area contributed by atoms with Gasteiger partial charge in [0.25, 0.3) is 5.91 Å². The summed E-state index contributed by atoms with van der Waals surface area (Å²) in [7, 11) is 0. The Kier molecular flexibility index (Phi) is 4.61. The van der Waals surface area contributed by atoms with Gasteiger partial charge < -0.3 is 10.4 Å². The molecule has 0 bridgehead atoms. The number of hydrogen-bond acceptors (Lipinski definition) is 3. The summed E-state index contributed by atoms with van der Waals surface area (Å²) in [6.07, 6.45) is 0.803. The molecule has 2 rings (SSSR count). The summed E-state index contributed by atoms with van der Waals surface area (Å²) in [5, 5.41) is 16.6. The molecule has 5 heteroatoms. The molecule has 0 saturated carbocycles. The molecule has 1 amide bonds. The van der Waals surface area contributed by atoms with E-state index in [1.54, 1.807) is 23.5 Å². The zero-order chi connectivity index (χ0) is 13.8. The fourth-order valence-electron chi connectivity index (χ4n) is 1.77. The average Bonchev–Trinajstić information content (AvgIpc) is 2.85. The van der Waals surface area contributed by atoms with Crippen molar-refractivity contribution in [3.8, 4) is 5.75 Å². The first-order chi connectivity index (χ1) is 9.06. The van der Waals surface area contributed by atoms with Crippen LogP contribution < -0.4 is 5.32 Å². The fourth-order valence-corrected chi connectivity index (χ4v) is 2.70. The van der Waals surface area contributed by atoms with E-state index in [4.69, 9.17) is 0 Å². The summed E-state index contributed by atoms with van der Waals surface area (Å²) in [5.74, 6) is -0.108. The molecule has 0 fully saturated rings. The molecule has 2 N–H and O–H groups in total. The molecule has 1 aromatic heterocycles. The van der Waals surface area contributed by atoms with Gasteiger partial charge in [0.05, 0.1) is 4.47 Å². The lowest BCUT2D eigenvalue weighted by Gasteiger charge is -2.13. The Labute approximate surface area is 124 Å². The number of benzene rings is 1. The van der Waals surface area contributed by atoms with E-state index in [1.807, 2.05) is 12.3 Å². The van der Waals surface area contributed by atoms with Crippen LogP contribution in [0.25, 0.3) is 0 Å². The van der Waals surface area contributed by atoms with E-state index >= 15 is 0 Å². The molecule has 19 heavy (non-hydrogen) atoms. The Bertz CT molecular complexity index is 569. The quantitative estimate of drug-likeness (QED) is 0.894. The largest absolute Gasteiger partial charge is 0.507 e. The number of amides is 1. The molecule has 3 nitrogen and oxygen atoms in total. The van der Waals surface area contributed by atoms with E-state index < -0.39 is 0 Å². The molecule has 100 valence electrons. The minimum atomic E-state index is -0.175. The number of thiophene rings is 1. The van der Waals surface area contributed by atoms with Crippen LogP contribution in [0.1, 0.15) is 22.8 Å². The SMILES string of the molecule is CC(Cc1ccsc1)NC(=O)c1ccc(Br)c(O)c1. The predicted molar refractivity (Wildman–Crippen MR) is 80.8 cm³/mol. The van der Waals surface area contributed by atoms with Crippen LogP contribution in [0.2, 0.25) is 0 Å². The van der Waals surface area contributed by atoms with E-state index in [2.05, 4.69) is 32.7 Å². The Morgan fingerprint density at radius 2 is 2.26 bits per heavy atom. The first kappa shape index (κ1) is 14.1. The Hall–Kier alpha value is -1.33. The van der Waals surface area contributed by atoms with E-state index in [0.717, 1.165) is 6.42 Å². The van der Waals surface area contributed by atoms with Crippen molar-refractivity contribution >= 4 is 33.2 Å². The van der Waals surface area contributed by atoms with Crippen LogP contribution >= 0.6 is 27.3 Å². The highest BCUT2D eigenvalue weighted by molar-refractivity contribution is 9.10. The minimum absolute atomic E-state index is 0.0490. The number of aromatic hydroxyl groups is 1. The number of nitrogens with one attached hydrogen (secondary N) is 1. The summed E-state index contributed by atoms with van der Waals surface area (Å²) in [5.41, 5.74) is 1.68. The van der Waals surface area contributed by atoms with Gasteiger partial charge >= 0.3 is 0 Å². The smallest absolute Gasteiger partial charge is 0.251 e.